The van der Waals surface area contributed by atoms with Crippen molar-refractivity contribution >= 4 is 39.8 Å². The third-order valence-corrected chi connectivity index (χ3v) is 6.38. The van der Waals surface area contributed by atoms with Crippen LogP contribution in [-0.4, -0.2) is 52.3 Å². The minimum atomic E-state index is -0.470. The highest BCUT2D eigenvalue weighted by atomic mass is 32.2. The Balaban J connectivity index is 1.16. The highest BCUT2D eigenvalue weighted by Crippen LogP contribution is 2.30. The Morgan fingerprint density at radius 3 is 2.54 bits per heavy atom. The van der Waals surface area contributed by atoms with Crippen molar-refractivity contribution in [1.29, 1.82) is 5.41 Å². The zero-order valence-corrected chi connectivity index (χ0v) is 20.8. The van der Waals surface area contributed by atoms with Crippen LogP contribution in [0.5, 0.6) is 17.2 Å². The van der Waals surface area contributed by atoms with E-state index in [0.717, 1.165) is 22.6 Å². The number of hydrogen-bond acceptors (Lipinski definition) is 8. The number of aliphatic imine (C=N–C) groups is 1. The van der Waals surface area contributed by atoms with Gasteiger partial charge in [-0.2, -0.15) is 15.1 Å². The molecule has 0 saturated heterocycles. The van der Waals surface area contributed by atoms with Gasteiger partial charge in [-0.1, -0.05) is 18.2 Å². The maximum Gasteiger partial charge on any atom is 0.283 e. The van der Waals surface area contributed by atoms with Gasteiger partial charge in [-0.3, -0.25) is 15.2 Å². The molecule has 10 heteroatoms. The van der Waals surface area contributed by atoms with E-state index in [0.29, 0.717) is 35.6 Å². The fourth-order valence-electron chi connectivity index (χ4n) is 3.55. The molecule has 2 aliphatic heterocycles. The summed E-state index contributed by atoms with van der Waals surface area (Å²) in [7, 11) is 1.62. The molecule has 1 amide bonds. The van der Waals surface area contributed by atoms with Crippen molar-refractivity contribution in [2.75, 3.05) is 20.3 Å². The Morgan fingerprint density at radius 1 is 1.00 bits per heavy atom. The van der Waals surface area contributed by atoms with Gasteiger partial charge < -0.3 is 14.2 Å². The number of hydrazone groups is 1. The number of fused-ring (bicyclic) bond motifs is 1. The molecule has 2 aliphatic rings. The largest absolute Gasteiger partial charge is 0.497 e. The quantitative estimate of drug-likeness (QED) is 0.329. The van der Waals surface area contributed by atoms with E-state index in [9.17, 15) is 4.79 Å². The lowest BCUT2D eigenvalue weighted by Gasteiger charge is -2.20. The fourth-order valence-corrected chi connectivity index (χ4v) is 4.44. The molecule has 3 heterocycles. The second kappa shape index (κ2) is 11.1. The lowest BCUT2D eigenvalue weighted by molar-refractivity contribution is -0.114. The van der Waals surface area contributed by atoms with Crippen molar-refractivity contribution in [2.45, 2.75) is 6.42 Å². The van der Waals surface area contributed by atoms with Crippen molar-refractivity contribution in [2.24, 2.45) is 10.1 Å². The summed E-state index contributed by atoms with van der Waals surface area (Å²) in [5.41, 5.74) is 1.73. The van der Waals surface area contributed by atoms with Crippen LogP contribution < -0.4 is 14.2 Å². The molecule has 0 spiro atoms. The SMILES string of the molecule is COc1cccc(OCCCOc2ccc(/C=C3/C(=N)N4N=C(c5cccnc5)SC4=NC3=O)cc2)c1. The second-order valence-corrected chi connectivity index (χ2v) is 8.92. The molecule has 0 radical (unpaired) electrons. The molecule has 0 aliphatic carbocycles. The first kappa shape index (κ1) is 24.3. The molecule has 0 bridgehead atoms. The maximum atomic E-state index is 12.7. The van der Waals surface area contributed by atoms with Gasteiger partial charge in [-0.15, -0.1) is 0 Å². The number of nitrogens with one attached hydrogen (secondary N) is 1. The molecule has 5 rings (SSSR count). The van der Waals surface area contributed by atoms with Gasteiger partial charge in [0, 0.05) is 30.4 Å². The zero-order valence-electron chi connectivity index (χ0n) is 20.0. The van der Waals surface area contributed by atoms with Crippen LogP contribution in [0, 0.1) is 5.41 Å². The van der Waals surface area contributed by atoms with E-state index in [1.165, 1.54) is 16.8 Å². The standard InChI is InChI=1S/C27H23N5O4S/c1-34-21-6-2-7-22(16-21)36-14-4-13-35-20-10-8-18(9-11-20)15-23-24(28)32-27(30-25(23)33)37-26(31-32)19-5-3-12-29-17-19/h2-3,5-12,15-17,28H,4,13-14H2,1H3/b23-15-,28-24?. The number of ether oxygens (including phenoxy) is 3. The van der Waals surface area contributed by atoms with Crippen molar-refractivity contribution in [3.63, 3.8) is 0 Å². The number of hydrogen-bond donors (Lipinski definition) is 1. The molecule has 1 aromatic heterocycles. The maximum absolute atomic E-state index is 12.7. The average Bonchev–Trinajstić information content (AvgIpc) is 3.36. The zero-order chi connectivity index (χ0) is 25.6. The highest BCUT2D eigenvalue weighted by Gasteiger charge is 2.36. The number of methoxy groups -OCH3 is 1. The summed E-state index contributed by atoms with van der Waals surface area (Å²) >= 11 is 1.24. The molecule has 0 unspecified atom stereocenters. The molecular weight excluding hydrogens is 490 g/mol. The van der Waals surface area contributed by atoms with Crippen molar-refractivity contribution in [3.05, 3.63) is 89.8 Å². The monoisotopic (exact) mass is 513 g/mol. The van der Waals surface area contributed by atoms with Crippen LogP contribution >= 0.6 is 11.8 Å². The number of carbonyl (C=O) groups is 1. The molecule has 37 heavy (non-hydrogen) atoms. The van der Waals surface area contributed by atoms with Gasteiger partial charge in [-0.05, 0) is 59.8 Å². The van der Waals surface area contributed by atoms with Crippen molar-refractivity contribution in [1.82, 2.24) is 9.99 Å². The average molecular weight is 514 g/mol. The number of amides is 1. The minimum Gasteiger partial charge on any atom is -0.497 e. The Kier molecular flexibility index (Phi) is 7.27. The number of nitrogens with zero attached hydrogens (tertiary/aromatic N) is 4. The van der Waals surface area contributed by atoms with Crippen LogP contribution in [0.3, 0.4) is 0 Å². The van der Waals surface area contributed by atoms with E-state index in [-0.39, 0.29) is 11.4 Å². The molecule has 3 aromatic rings. The topological polar surface area (TPSA) is 109 Å². The molecule has 186 valence electrons. The van der Waals surface area contributed by atoms with Gasteiger partial charge >= 0.3 is 0 Å². The number of thioether (sulfide) groups is 1. The second-order valence-electron chi connectivity index (χ2n) is 7.97. The molecule has 0 fully saturated rings. The first-order valence-electron chi connectivity index (χ1n) is 11.5. The molecule has 1 N–H and O–H groups in total. The van der Waals surface area contributed by atoms with Gasteiger partial charge in [0.25, 0.3) is 5.91 Å². The predicted octanol–water partition coefficient (Wildman–Crippen LogP) is 4.61. The molecule has 0 atom stereocenters. The van der Waals surface area contributed by atoms with Crippen LogP contribution in [0.1, 0.15) is 17.5 Å². The number of pyridine rings is 1. The van der Waals surface area contributed by atoms with Crippen LogP contribution in [0.4, 0.5) is 0 Å². The van der Waals surface area contributed by atoms with Crippen molar-refractivity contribution < 1.29 is 19.0 Å². The van der Waals surface area contributed by atoms with Crippen LogP contribution in [-0.2, 0) is 4.79 Å². The van der Waals surface area contributed by atoms with Gasteiger partial charge in [0.1, 0.15) is 22.3 Å². The van der Waals surface area contributed by atoms with Crippen LogP contribution in [0.25, 0.3) is 6.08 Å². The number of benzene rings is 2. The van der Waals surface area contributed by atoms with E-state index in [4.69, 9.17) is 19.6 Å². The number of carbonyl (C=O) groups excluding carboxylic acids is 1. The van der Waals surface area contributed by atoms with E-state index >= 15 is 0 Å². The predicted molar refractivity (Wildman–Crippen MR) is 143 cm³/mol. The fraction of sp³-hybridized carbons (Fsp3) is 0.148. The summed E-state index contributed by atoms with van der Waals surface area (Å²) < 4.78 is 16.7. The van der Waals surface area contributed by atoms with E-state index in [1.807, 2.05) is 60.7 Å². The highest BCUT2D eigenvalue weighted by molar-refractivity contribution is 8.27. The third kappa shape index (κ3) is 5.70. The first-order valence-corrected chi connectivity index (χ1v) is 12.3. The van der Waals surface area contributed by atoms with Crippen molar-refractivity contribution in [3.8, 4) is 17.2 Å². The van der Waals surface area contributed by atoms with E-state index in [2.05, 4.69) is 15.1 Å². The molecule has 2 aromatic carbocycles. The number of rotatable bonds is 9. The first-order chi connectivity index (χ1) is 18.1. The van der Waals surface area contributed by atoms with Gasteiger partial charge in [0.2, 0.25) is 5.17 Å². The lowest BCUT2D eigenvalue weighted by Crippen LogP contribution is -2.35. The third-order valence-electron chi connectivity index (χ3n) is 5.42. The Bertz CT molecular complexity index is 1400. The summed E-state index contributed by atoms with van der Waals surface area (Å²) in [6, 6.07) is 18.5. The Labute approximate surface area is 218 Å². The minimum absolute atomic E-state index is 0.0160. The number of amidine groups is 2. The van der Waals surface area contributed by atoms with Crippen LogP contribution in [0.2, 0.25) is 0 Å². The van der Waals surface area contributed by atoms with Gasteiger partial charge in [0.15, 0.2) is 5.84 Å². The normalized spacial score (nSPS) is 15.8. The molecule has 0 saturated carbocycles. The van der Waals surface area contributed by atoms with Crippen LogP contribution in [0.15, 0.2) is 88.7 Å². The molecule has 9 nitrogen and oxygen atoms in total. The van der Waals surface area contributed by atoms with Gasteiger partial charge in [0.05, 0.1) is 25.9 Å². The Hall–Kier alpha value is -4.44. The Morgan fingerprint density at radius 2 is 1.78 bits per heavy atom. The van der Waals surface area contributed by atoms with E-state index < -0.39 is 5.91 Å². The summed E-state index contributed by atoms with van der Waals surface area (Å²) in [6.45, 7) is 1.01. The van der Waals surface area contributed by atoms with E-state index in [1.54, 1.807) is 25.6 Å². The summed E-state index contributed by atoms with van der Waals surface area (Å²) in [6.07, 6.45) is 5.71. The summed E-state index contributed by atoms with van der Waals surface area (Å²) in [5, 5.41) is 15.4. The number of aromatic nitrogens is 1. The molecular formula is C27H23N5O4S. The summed E-state index contributed by atoms with van der Waals surface area (Å²) in [5.74, 6) is 1.72. The smallest absolute Gasteiger partial charge is 0.283 e. The summed E-state index contributed by atoms with van der Waals surface area (Å²) in [4.78, 5) is 20.9. The lowest BCUT2D eigenvalue weighted by atomic mass is 10.1. The van der Waals surface area contributed by atoms with Gasteiger partial charge in [-0.25, -0.2) is 0 Å².